The van der Waals surface area contributed by atoms with Crippen molar-refractivity contribution in [2.45, 2.75) is 0 Å². The van der Waals surface area contributed by atoms with Gasteiger partial charge in [-0.25, -0.2) is 4.79 Å². The maximum atomic E-state index is 12.1. The highest BCUT2D eigenvalue weighted by atomic mass is 16.5. The highest BCUT2D eigenvalue weighted by molar-refractivity contribution is 5.83. The third-order valence-electron chi connectivity index (χ3n) is 3.35. The maximum Gasteiger partial charge on any atom is 0.345 e. The molecule has 0 bridgehead atoms. The van der Waals surface area contributed by atoms with Crippen molar-refractivity contribution in [1.29, 1.82) is 0 Å². The standard InChI is InChI=1S/C18H15NO3/c1-12(19-14-7-9-15(21-2)10-8-14)16-11-13-5-3-4-6-17(13)22-18(16)20/h3-11,19H,1H2,2H3. The van der Waals surface area contributed by atoms with E-state index in [0.29, 0.717) is 16.8 Å². The zero-order valence-electron chi connectivity index (χ0n) is 12.1. The van der Waals surface area contributed by atoms with Crippen LogP contribution in [-0.2, 0) is 0 Å². The fourth-order valence-corrected chi connectivity index (χ4v) is 2.19. The van der Waals surface area contributed by atoms with Gasteiger partial charge in [-0.1, -0.05) is 24.8 Å². The number of hydrogen-bond acceptors (Lipinski definition) is 4. The molecule has 4 heteroatoms. The van der Waals surface area contributed by atoms with Gasteiger partial charge in [0.2, 0.25) is 0 Å². The summed E-state index contributed by atoms with van der Waals surface area (Å²) in [5, 5.41) is 3.96. The van der Waals surface area contributed by atoms with Crippen LogP contribution in [0, 0.1) is 0 Å². The van der Waals surface area contributed by atoms with Crippen LogP contribution in [0.4, 0.5) is 5.69 Å². The molecule has 4 nitrogen and oxygen atoms in total. The second kappa shape index (κ2) is 5.77. The largest absolute Gasteiger partial charge is 0.497 e. The Hall–Kier alpha value is -3.01. The Bertz CT molecular complexity index is 879. The maximum absolute atomic E-state index is 12.1. The molecule has 1 N–H and O–H groups in total. The Kier molecular flexibility index (Phi) is 3.66. The molecule has 110 valence electrons. The number of hydrogen-bond donors (Lipinski definition) is 1. The van der Waals surface area contributed by atoms with Crippen molar-refractivity contribution >= 4 is 22.4 Å². The molecule has 0 saturated heterocycles. The molecule has 0 aliphatic heterocycles. The number of para-hydroxylation sites is 1. The molecule has 0 aliphatic rings. The van der Waals surface area contributed by atoms with Gasteiger partial charge in [0, 0.05) is 16.8 Å². The van der Waals surface area contributed by atoms with E-state index in [0.717, 1.165) is 16.8 Å². The van der Waals surface area contributed by atoms with Crippen LogP contribution >= 0.6 is 0 Å². The molecule has 0 unspecified atom stereocenters. The minimum absolute atomic E-state index is 0.412. The average molecular weight is 293 g/mol. The van der Waals surface area contributed by atoms with Gasteiger partial charge in [0.05, 0.1) is 12.7 Å². The van der Waals surface area contributed by atoms with E-state index in [2.05, 4.69) is 11.9 Å². The van der Waals surface area contributed by atoms with Crippen LogP contribution in [0.15, 0.2) is 70.4 Å². The summed E-state index contributed by atoms with van der Waals surface area (Å²) in [6.45, 7) is 3.93. The molecule has 0 spiro atoms. The van der Waals surface area contributed by atoms with Gasteiger partial charge in [-0.05, 0) is 36.4 Å². The van der Waals surface area contributed by atoms with Crippen LogP contribution in [0.25, 0.3) is 16.7 Å². The normalized spacial score (nSPS) is 10.4. The van der Waals surface area contributed by atoms with Gasteiger partial charge in [-0.3, -0.25) is 0 Å². The quantitative estimate of drug-likeness (QED) is 0.742. The zero-order chi connectivity index (χ0) is 15.5. The SMILES string of the molecule is C=C(Nc1ccc(OC)cc1)c1cc2ccccc2oc1=O. The van der Waals surface area contributed by atoms with Gasteiger partial charge < -0.3 is 14.5 Å². The topological polar surface area (TPSA) is 51.5 Å². The summed E-state index contributed by atoms with van der Waals surface area (Å²) in [7, 11) is 1.61. The molecule has 0 fully saturated rings. The lowest BCUT2D eigenvalue weighted by Gasteiger charge is -2.10. The van der Waals surface area contributed by atoms with Crippen LogP contribution in [0.3, 0.4) is 0 Å². The Morgan fingerprint density at radius 1 is 1.14 bits per heavy atom. The number of methoxy groups -OCH3 is 1. The first-order valence-corrected chi connectivity index (χ1v) is 6.80. The summed E-state index contributed by atoms with van der Waals surface area (Å²) in [6.07, 6.45) is 0. The van der Waals surface area contributed by atoms with Crippen LogP contribution in [0.1, 0.15) is 5.56 Å². The molecular formula is C18H15NO3. The van der Waals surface area contributed by atoms with Crippen molar-refractivity contribution < 1.29 is 9.15 Å². The van der Waals surface area contributed by atoms with Gasteiger partial charge in [-0.15, -0.1) is 0 Å². The number of benzene rings is 2. The van der Waals surface area contributed by atoms with Gasteiger partial charge in [0.1, 0.15) is 11.3 Å². The Morgan fingerprint density at radius 3 is 2.59 bits per heavy atom. The van der Waals surface area contributed by atoms with Crippen LogP contribution in [0.5, 0.6) is 5.75 Å². The first kappa shape index (κ1) is 13.9. The van der Waals surface area contributed by atoms with Gasteiger partial charge in [0.25, 0.3) is 0 Å². The molecule has 0 aliphatic carbocycles. The van der Waals surface area contributed by atoms with E-state index in [-0.39, 0.29) is 0 Å². The highest BCUT2D eigenvalue weighted by Gasteiger charge is 2.09. The predicted molar refractivity (Wildman–Crippen MR) is 88.1 cm³/mol. The second-order valence-corrected chi connectivity index (χ2v) is 4.82. The van der Waals surface area contributed by atoms with E-state index >= 15 is 0 Å². The number of rotatable bonds is 4. The molecular weight excluding hydrogens is 278 g/mol. The predicted octanol–water partition coefficient (Wildman–Crippen LogP) is 3.88. The van der Waals surface area contributed by atoms with E-state index in [1.54, 1.807) is 19.2 Å². The highest BCUT2D eigenvalue weighted by Crippen LogP contribution is 2.21. The minimum Gasteiger partial charge on any atom is -0.497 e. The van der Waals surface area contributed by atoms with Crippen molar-refractivity contribution in [1.82, 2.24) is 0 Å². The lowest BCUT2D eigenvalue weighted by molar-refractivity contribution is 0.415. The lowest BCUT2D eigenvalue weighted by Crippen LogP contribution is -2.10. The molecule has 1 heterocycles. The summed E-state index contributed by atoms with van der Waals surface area (Å²) < 4.78 is 10.4. The Balaban J connectivity index is 1.91. The molecule has 0 amide bonds. The third-order valence-corrected chi connectivity index (χ3v) is 3.35. The van der Waals surface area contributed by atoms with Crippen molar-refractivity contribution in [2.24, 2.45) is 0 Å². The summed E-state index contributed by atoms with van der Waals surface area (Å²) >= 11 is 0. The Labute approximate surface area is 127 Å². The molecule has 2 aromatic carbocycles. The average Bonchev–Trinajstić information content (AvgIpc) is 2.54. The summed E-state index contributed by atoms with van der Waals surface area (Å²) in [4.78, 5) is 12.1. The number of anilines is 1. The van der Waals surface area contributed by atoms with E-state index in [4.69, 9.17) is 9.15 Å². The monoisotopic (exact) mass is 293 g/mol. The molecule has 0 atom stereocenters. The molecule has 22 heavy (non-hydrogen) atoms. The van der Waals surface area contributed by atoms with Crippen molar-refractivity contribution in [3.05, 3.63) is 77.2 Å². The molecule has 0 radical (unpaired) electrons. The molecule has 3 rings (SSSR count). The first-order valence-electron chi connectivity index (χ1n) is 6.80. The fraction of sp³-hybridized carbons (Fsp3) is 0.0556. The van der Waals surface area contributed by atoms with E-state index in [1.165, 1.54) is 0 Å². The van der Waals surface area contributed by atoms with Crippen molar-refractivity contribution in [2.75, 3.05) is 12.4 Å². The first-order chi connectivity index (χ1) is 10.7. The molecule has 0 saturated carbocycles. The van der Waals surface area contributed by atoms with Crippen LogP contribution in [-0.4, -0.2) is 7.11 Å². The van der Waals surface area contributed by atoms with Gasteiger partial charge in [-0.2, -0.15) is 0 Å². The third kappa shape index (κ3) is 2.72. The minimum atomic E-state index is -0.412. The van der Waals surface area contributed by atoms with Crippen molar-refractivity contribution in [3.63, 3.8) is 0 Å². The van der Waals surface area contributed by atoms with E-state index in [9.17, 15) is 4.79 Å². The summed E-state index contributed by atoms with van der Waals surface area (Å²) in [5.41, 5.74) is 1.87. The Morgan fingerprint density at radius 2 is 1.86 bits per heavy atom. The van der Waals surface area contributed by atoms with Crippen LogP contribution in [0.2, 0.25) is 0 Å². The zero-order valence-corrected chi connectivity index (χ0v) is 12.1. The number of ether oxygens (including phenoxy) is 1. The number of nitrogens with one attached hydrogen (secondary N) is 1. The summed E-state index contributed by atoms with van der Waals surface area (Å²) in [5.74, 6) is 0.765. The second-order valence-electron chi connectivity index (χ2n) is 4.82. The molecule has 1 aromatic heterocycles. The lowest BCUT2D eigenvalue weighted by atomic mass is 10.1. The van der Waals surface area contributed by atoms with Crippen LogP contribution < -0.4 is 15.7 Å². The number of fused-ring (bicyclic) bond motifs is 1. The summed E-state index contributed by atoms with van der Waals surface area (Å²) in [6, 6.07) is 16.5. The molecule has 3 aromatic rings. The smallest absolute Gasteiger partial charge is 0.345 e. The van der Waals surface area contributed by atoms with Gasteiger partial charge >= 0.3 is 5.63 Å². The van der Waals surface area contributed by atoms with Crippen molar-refractivity contribution in [3.8, 4) is 5.75 Å². The van der Waals surface area contributed by atoms with E-state index in [1.807, 2.05) is 42.5 Å². The van der Waals surface area contributed by atoms with E-state index < -0.39 is 5.63 Å². The fourth-order valence-electron chi connectivity index (χ4n) is 2.19. The van der Waals surface area contributed by atoms with Gasteiger partial charge in [0.15, 0.2) is 0 Å².